The van der Waals surface area contributed by atoms with Crippen LogP contribution >= 0.6 is 0 Å². The molecule has 2 aliphatic rings. The second-order valence-corrected chi connectivity index (χ2v) is 5.53. The van der Waals surface area contributed by atoms with E-state index in [0.717, 1.165) is 17.7 Å². The molecule has 0 spiro atoms. The van der Waals surface area contributed by atoms with Gasteiger partial charge in [-0.05, 0) is 25.2 Å². The van der Waals surface area contributed by atoms with Gasteiger partial charge in [-0.1, -0.05) is 13.3 Å². The number of piperazine rings is 1. The average molecular weight is 292 g/mol. The Morgan fingerprint density at radius 2 is 1.95 bits per heavy atom. The molecule has 114 valence electrons. The van der Waals surface area contributed by atoms with Gasteiger partial charge in [-0.15, -0.1) is 0 Å². The molecule has 1 aliphatic heterocycles. The summed E-state index contributed by atoms with van der Waals surface area (Å²) in [5.74, 6) is -0.643. The lowest BCUT2D eigenvalue weighted by Gasteiger charge is -2.39. The lowest BCUT2D eigenvalue weighted by molar-refractivity contribution is -0.159. The van der Waals surface area contributed by atoms with Crippen LogP contribution in [0.1, 0.15) is 39.0 Å². The van der Waals surface area contributed by atoms with Crippen LogP contribution in [0.4, 0.5) is 13.2 Å². The number of halogens is 3. The summed E-state index contributed by atoms with van der Waals surface area (Å²) in [6, 6.07) is -1.38. The first-order valence-corrected chi connectivity index (χ1v) is 7.01. The number of nitrogens with one attached hydrogen (secondary N) is 1. The van der Waals surface area contributed by atoms with E-state index in [9.17, 15) is 22.8 Å². The summed E-state index contributed by atoms with van der Waals surface area (Å²) in [4.78, 5) is 25.5. The predicted octanol–water partition coefficient (Wildman–Crippen LogP) is 1.84. The minimum atomic E-state index is -4.32. The molecule has 2 atom stereocenters. The Morgan fingerprint density at radius 1 is 1.30 bits per heavy atom. The van der Waals surface area contributed by atoms with Crippen LogP contribution < -0.4 is 5.32 Å². The number of hydrogen-bond acceptors (Lipinski definition) is 2. The topological polar surface area (TPSA) is 49.4 Å². The summed E-state index contributed by atoms with van der Waals surface area (Å²) in [7, 11) is 0. The minimum absolute atomic E-state index is 0.0229. The summed E-state index contributed by atoms with van der Waals surface area (Å²) in [6.45, 7) is 1.45. The van der Waals surface area contributed by atoms with Gasteiger partial charge in [0.1, 0.15) is 12.1 Å². The van der Waals surface area contributed by atoms with Gasteiger partial charge in [-0.25, -0.2) is 0 Å². The smallest absolute Gasteiger partial charge is 0.342 e. The Morgan fingerprint density at radius 3 is 2.45 bits per heavy atom. The Labute approximate surface area is 115 Å². The maximum Gasteiger partial charge on any atom is 0.390 e. The van der Waals surface area contributed by atoms with Crippen molar-refractivity contribution in [1.82, 2.24) is 10.2 Å². The van der Waals surface area contributed by atoms with Gasteiger partial charge in [-0.3, -0.25) is 9.59 Å². The van der Waals surface area contributed by atoms with Crippen LogP contribution in [-0.2, 0) is 9.59 Å². The summed E-state index contributed by atoms with van der Waals surface area (Å²) < 4.78 is 37.2. The van der Waals surface area contributed by atoms with Crippen LogP contribution in [0.15, 0.2) is 0 Å². The van der Waals surface area contributed by atoms with Crippen molar-refractivity contribution in [1.29, 1.82) is 0 Å². The van der Waals surface area contributed by atoms with Gasteiger partial charge in [0.25, 0.3) is 0 Å². The zero-order valence-electron chi connectivity index (χ0n) is 11.4. The molecule has 0 aromatic carbocycles. The third kappa shape index (κ3) is 3.43. The van der Waals surface area contributed by atoms with E-state index in [1.54, 1.807) is 0 Å². The number of nitrogens with zero attached hydrogens (tertiary/aromatic N) is 1. The highest BCUT2D eigenvalue weighted by atomic mass is 19.4. The highest BCUT2D eigenvalue weighted by Gasteiger charge is 2.48. The van der Waals surface area contributed by atoms with E-state index in [0.29, 0.717) is 12.8 Å². The van der Waals surface area contributed by atoms with E-state index in [1.165, 1.54) is 0 Å². The van der Waals surface area contributed by atoms with Crippen molar-refractivity contribution in [3.63, 3.8) is 0 Å². The second kappa shape index (κ2) is 5.61. The molecule has 0 radical (unpaired) electrons. The molecule has 2 amide bonds. The van der Waals surface area contributed by atoms with Crippen LogP contribution in [0.5, 0.6) is 0 Å². The fourth-order valence-electron chi connectivity index (χ4n) is 2.66. The zero-order chi connectivity index (χ0) is 14.9. The van der Waals surface area contributed by atoms with E-state index >= 15 is 0 Å². The standard InChI is InChI=1S/C13H19F3N2O2/c1-2-3-9-12(20)18(7-6-13(14,15)16)10(8-4-5-8)11(19)17-9/h8-10H,2-7H2,1H3,(H,17,19). The largest absolute Gasteiger partial charge is 0.390 e. The number of alkyl halides is 3. The molecule has 4 nitrogen and oxygen atoms in total. The van der Waals surface area contributed by atoms with E-state index in [2.05, 4.69) is 5.32 Å². The first-order chi connectivity index (χ1) is 9.33. The van der Waals surface area contributed by atoms with E-state index in [-0.39, 0.29) is 17.7 Å². The van der Waals surface area contributed by atoms with Crippen molar-refractivity contribution < 1.29 is 22.8 Å². The normalized spacial score (nSPS) is 27.7. The Kier molecular flexibility index (Phi) is 4.25. The minimum Gasteiger partial charge on any atom is -0.342 e. The SMILES string of the molecule is CCCC1NC(=O)C(C2CC2)N(CCC(F)(F)F)C1=O. The van der Waals surface area contributed by atoms with Gasteiger partial charge < -0.3 is 10.2 Å². The van der Waals surface area contributed by atoms with Crippen LogP contribution in [0.3, 0.4) is 0 Å². The van der Waals surface area contributed by atoms with Crippen molar-refractivity contribution in [2.75, 3.05) is 6.54 Å². The Balaban J connectivity index is 2.11. The molecule has 1 saturated carbocycles. The lowest BCUT2D eigenvalue weighted by Crippen LogP contribution is -2.64. The van der Waals surface area contributed by atoms with Crippen LogP contribution in [0, 0.1) is 5.92 Å². The quantitative estimate of drug-likeness (QED) is 0.840. The molecule has 1 heterocycles. The molecule has 2 rings (SSSR count). The third-order valence-electron chi connectivity index (χ3n) is 3.78. The van der Waals surface area contributed by atoms with Crippen molar-refractivity contribution in [3.8, 4) is 0 Å². The second-order valence-electron chi connectivity index (χ2n) is 5.53. The summed E-state index contributed by atoms with van der Waals surface area (Å²) in [5.41, 5.74) is 0. The Bertz CT molecular complexity index is 394. The zero-order valence-corrected chi connectivity index (χ0v) is 11.4. The van der Waals surface area contributed by atoms with Crippen molar-refractivity contribution >= 4 is 11.8 Å². The molecule has 1 saturated heterocycles. The van der Waals surface area contributed by atoms with Gasteiger partial charge in [0.15, 0.2) is 0 Å². The van der Waals surface area contributed by atoms with E-state index < -0.39 is 31.2 Å². The molecule has 7 heteroatoms. The van der Waals surface area contributed by atoms with Crippen LogP contribution in [-0.4, -0.2) is 41.5 Å². The first-order valence-electron chi connectivity index (χ1n) is 7.01. The highest BCUT2D eigenvalue weighted by Crippen LogP contribution is 2.37. The summed E-state index contributed by atoms with van der Waals surface area (Å²) in [5, 5.41) is 2.65. The highest BCUT2D eigenvalue weighted by molar-refractivity contribution is 5.97. The monoisotopic (exact) mass is 292 g/mol. The molecular weight excluding hydrogens is 273 g/mol. The first kappa shape index (κ1) is 15.1. The fourth-order valence-corrected chi connectivity index (χ4v) is 2.66. The Hall–Kier alpha value is -1.27. The van der Waals surface area contributed by atoms with Crippen molar-refractivity contribution in [2.45, 2.75) is 57.3 Å². The van der Waals surface area contributed by atoms with Gasteiger partial charge in [0, 0.05) is 6.54 Å². The summed E-state index contributed by atoms with van der Waals surface area (Å²) >= 11 is 0. The van der Waals surface area contributed by atoms with Crippen molar-refractivity contribution in [2.24, 2.45) is 5.92 Å². The number of rotatable bonds is 5. The average Bonchev–Trinajstić information content (AvgIpc) is 3.14. The molecule has 2 fully saturated rings. The number of carbonyl (C=O) groups excluding carboxylic acids is 2. The van der Waals surface area contributed by atoms with Gasteiger partial charge in [0.05, 0.1) is 6.42 Å². The van der Waals surface area contributed by atoms with Gasteiger partial charge in [0.2, 0.25) is 11.8 Å². The predicted molar refractivity (Wildman–Crippen MR) is 65.7 cm³/mol. The molecule has 1 N–H and O–H groups in total. The molecule has 0 aromatic rings. The lowest BCUT2D eigenvalue weighted by atomic mass is 10.00. The van der Waals surface area contributed by atoms with Gasteiger partial charge in [-0.2, -0.15) is 13.2 Å². The molecule has 0 bridgehead atoms. The molecule has 20 heavy (non-hydrogen) atoms. The summed E-state index contributed by atoms with van der Waals surface area (Å²) in [6.07, 6.45) is -2.63. The van der Waals surface area contributed by atoms with E-state index in [4.69, 9.17) is 0 Å². The molecule has 2 unspecified atom stereocenters. The number of amides is 2. The number of hydrogen-bond donors (Lipinski definition) is 1. The van der Waals surface area contributed by atoms with Gasteiger partial charge >= 0.3 is 6.18 Å². The van der Waals surface area contributed by atoms with Crippen LogP contribution in [0.25, 0.3) is 0 Å². The van der Waals surface area contributed by atoms with Crippen LogP contribution in [0.2, 0.25) is 0 Å². The fraction of sp³-hybridized carbons (Fsp3) is 0.846. The molecule has 1 aliphatic carbocycles. The van der Waals surface area contributed by atoms with Crippen molar-refractivity contribution in [3.05, 3.63) is 0 Å². The third-order valence-corrected chi connectivity index (χ3v) is 3.78. The maximum absolute atomic E-state index is 12.4. The molecule has 0 aromatic heterocycles. The maximum atomic E-state index is 12.4. The molecular formula is C13H19F3N2O2. The number of carbonyl (C=O) groups is 2. The van der Waals surface area contributed by atoms with E-state index in [1.807, 2.05) is 6.92 Å².